The van der Waals surface area contributed by atoms with Crippen LogP contribution < -0.4 is 5.32 Å². The number of nitrogens with one attached hydrogen (secondary N) is 1. The Balaban J connectivity index is 2.02. The molecule has 0 aromatic heterocycles. The summed E-state index contributed by atoms with van der Waals surface area (Å²) in [6.45, 7) is 4.60. The normalized spacial score (nSPS) is 19.6. The molecule has 2 heteroatoms. The van der Waals surface area contributed by atoms with Gasteiger partial charge in [-0.2, -0.15) is 0 Å². The van der Waals surface area contributed by atoms with Crippen molar-refractivity contribution in [1.29, 1.82) is 0 Å². The molecular weight excluding hydrogens is 266 g/mol. The molecule has 1 aliphatic rings. The van der Waals surface area contributed by atoms with Crippen LogP contribution in [0.5, 0.6) is 0 Å². The fraction of sp³-hybridized carbons (Fsp3) is 0.667. The van der Waals surface area contributed by atoms with Crippen molar-refractivity contribution in [3.63, 3.8) is 0 Å². The van der Waals surface area contributed by atoms with E-state index in [-0.39, 0.29) is 0 Å². The smallest absolute Gasteiger partial charge is 0.0406 e. The largest absolute Gasteiger partial charge is 0.307 e. The van der Waals surface area contributed by atoms with Crippen LogP contribution >= 0.6 is 11.6 Å². The minimum atomic E-state index is 0.441. The highest BCUT2D eigenvalue weighted by molar-refractivity contribution is 6.30. The highest BCUT2D eigenvalue weighted by Crippen LogP contribution is 2.26. The highest BCUT2D eigenvalue weighted by atomic mass is 35.5. The molecule has 0 amide bonds. The second kappa shape index (κ2) is 8.05. The molecule has 0 saturated heterocycles. The number of halogens is 1. The summed E-state index contributed by atoms with van der Waals surface area (Å²) in [5.41, 5.74) is 1.37. The highest BCUT2D eigenvalue weighted by Gasteiger charge is 2.20. The van der Waals surface area contributed by atoms with E-state index in [9.17, 15) is 0 Å². The molecule has 0 spiro atoms. The van der Waals surface area contributed by atoms with E-state index in [4.69, 9.17) is 11.6 Å². The molecule has 0 bridgehead atoms. The van der Waals surface area contributed by atoms with Crippen molar-refractivity contribution >= 4 is 11.6 Å². The topological polar surface area (TPSA) is 12.0 Å². The van der Waals surface area contributed by atoms with Gasteiger partial charge < -0.3 is 5.32 Å². The van der Waals surface area contributed by atoms with E-state index in [0.29, 0.717) is 18.0 Å². The molecule has 112 valence electrons. The molecule has 0 aliphatic heterocycles. The lowest BCUT2D eigenvalue weighted by Crippen LogP contribution is -2.35. The van der Waals surface area contributed by atoms with Crippen LogP contribution in [0.4, 0.5) is 0 Å². The molecule has 2 rings (SSSR count). The Bertz CT molecular complexity index is 377. The number of benzene rings is 1. The molecule has 1 aromatic carbocycles. The van der Waals surface area contributed by atoms with Crippen LogP contribution in [0.1, 0.15) is 70.4 Å². The third kappa shape index (κ3) is 4.79. The predicted octanol–water partition coefficient (Wildman–Crippen LogP) is 5.74. The monoisotopic (exact) mass is 293 g/mol. The fourth-order valence-electron chi connectivity index (χ4n) is 3.22. The number of hydrogen-bond acceptors (Lipinski definition) is 1. The Morgan fingerprint density at radius 1 is 0.950 bits per heavy atom. The van der Waals surface area contributed by atoms with Crippen molar-refractivity contribution in [2.24, 2.45) is 5.92 Å². The fourth-order valence-corrected chi connectivity index (χ4v) is 3.35. The summed E-state index contributed by atoms with van der Waals surface area (Å²) in [6, 6.07) is 9.47. The van der Waals surface area contributed by atoms with E-state index in [1.54, 1.807) is 0 Å². The zero-order valence-electron chi connectivity index (χ0n) is 12.9. The maximum Gasteiger partial charge on any atom is 0.0406 e. The van der Waals surface area contributed by atoms with Crippen molar-refractivity contribution in [1.82, 2.24) is 5.32 Å². The van der Waals surface area contributed by atoms with Crippen LogP contribution in [0, 0.1) is 5.92 Å². The lowest BCUT2D eigenvalue weighted by Gasteiger charge is -2.30. The average molecular weight is 294 g/mol. The third-order valence-corrected chi connectivity index (χ3v) is 4.67. The van der Waals surface area contributed by atoms with Gasteiger partial charge in [0.25, 0.3) is 0 Å². The minimum absolute atomic E-state index is 0.441. The molecule has 1 aliphatic carbocycles. The molecule has 1 saturated carbocycles. The van der Waals surface area contributed by atoms with Crippen LogP contribution in [-0.4, -0.2) is 6.04 Å². The molecule has 0 heterocycles. The first-order chi connectivity index (χ1) is 9.66. The van der Waals surface area contributed by atoms with Gasteiger partial charge in [0.2, 0.25) is 0 Å². The lowest BCUT2D eigenvalue weighted by molar-refractivity contribution is 0.312. The number of rotatable bonds is 4. The number of hydrogen-bond donors (Lipinski definition) is 1. The van der Waals surface area contributed by atoms with Gasteiger partial charge in [0.15, 0.2) is 0 Å². The summed E-state index contributed by atoms with van der Waals surface area (Å²) >= 11 is 6.01. The molecule has 1 aromatic rings. The Labute approximate surface area is 129 Å². The Hall–Kier alpha value is -0.530. The quantitative estimate of drug-likeness (QED) is 0.746. The van der Waals surface area contributed by atoms with Gasteiger partial charge in [-0.15, -0.1) is 0 Å². The van der Waals surface area contributed by atoms with Gasteiger partial charge in [0.05, 0.1) is 0 Å². The van der Waals surface area contributed by atoms with Gasteiger partial charge in [0.1, 0.15) is 0 Å². The van der Waals surface area contributed by atoms with Crippen LogP contribution in [0.25, 0.3) is 0 Å². The predicted molar refractivity (Wildman–Crippen MR) is 88.3 cm³/mol. The zero-order valence-corrected chi connectivity index (χ0v) is 13.6. The van der Waals surface area contributed by atoms with Gasteiger partial charge in [0, 0.05) is 17.1 Å². The molecule has 1 unspecified atom stereocenters. The second-order valence-electron chi connectivity index (χ2n) is 6.48. The van der Waals surface area contributed by atoms with Crippen molar-refractivity contribution in [3.05, 3.63) is 34.9 Å². The third-order valence-electron chi connectivity index (χ3n) is 4.42. The van der Waals surface area contributed by atoms with E-state index in [2.05, 4.69) is 31.3 Å². The molecule has 0 radical (unpaired) electrons. The van der Waals surface area contributed by atoms with Crippen LogP contribution in [0.3, 0.4) is 0 Å². The minimum Gasteiger partial charge on any atom is -0.307 e. The first kappa shape index (κ1) is 15.9. The first-order valence-electron chi connectivity index (χ1n) is 8.18. The van der Waals surface area contributed by atoms with E-state index < -0.39 is 0 Å². The molecule has 1 N–H and O–H groups in total. The molecule has 1 fully saturated rings. The summed E-state index contributed by atoms with van der Waals surface area (Å²) in [6.07, 6.45) is 9.66. The summed E-state index contributed by atoms with van der Waals surface area (Å²) < 4.78 is 0. The van der Waals surface area contributed by atoms with Crippen LogP contribution in [0.2, 0.25) is 5.02 Å². The average Bonchev–Trinajstić information content (AvgIpc) is 2.38. The Morgan fingerprint density at radius 3 is 2.05 bits per heavy atom. The van der Waals surface area contributed by atoms with Crippen LogP contribution in [0.15, 0.2) is 24.3 Å². The Kier molecular flexibility index (Phi) is 6.38. The van der Waals surface area contributed by atoms with Crippen molar-refractivity contribution in [2.45, 2.75) is 70.9 Å². The van der Waals surface area contributed by atoms with Gasteiger partial charge in [-0.3, -0.25) is 0 Å². The SMILES string of the molecule is CC(C)C(NC1CCCCCCC1)c1ccc(Cl)cc1. The first-order valence-corrected chi connectivity index (χ1v) is 8.56. The maximum absolute atomic E-state index is 6.01. The van der Waals surface area contributed by atoms with Gasteiger partial charge in [-0.25, -0.2) is 0 Å². The molecule has 1 atom stereocenters. The van der Waals surface area contributed by atoms with Crippen molar-refractivity contribution in [2.75, 3.05) is 0 Å². The maximum atomic E-state index is 6.01. The van der Waals surface area contributed by atoms with E-state index in [0.717, 1.165) is 5.02 Å². The van der Waals surface area contributed by atoms with E-state index in [1.165, 1.54) is 50.5 Å². The van der Waals surface area contributed by atoms with Gasteiger partial charge >= 0.3 is 0 Å². The van der Waals surface area contributed by atoms with Crippen LogP contribution in [-0.2, 0) is 0 Å². The van der Waals surface area contributed by atoms with Gasteiger partial charge in [-0.05, 0) is 36.5 Å². The summed E-state index contributed by atoms with van der Waals surface area (Å²) in [4.78, 5) is 0. The standard InChI is InChI=1S/C18H28ClN/c1-14(2)18(15-10-12-16(19)13-11-15)20-17-8-6-4-3-5-7-9-17/h10-14,17-18,20H,3-9H2,1-2H3. The van der Waals surface area contributed by atoms with E-state index >= 15 is 0 Å². The van der Waals surface area contributed by atoms with Crippen molar-refractivity contribution in [3.8, 4) is 0 Å². The summed E-state index contributed by atoms with van der Waals surface area (Å²) in [7, 11) is 0. The summed E-state index contributed by atoms with van der Waals surface area (Å²) in [5, 5.41) is 4.74. The lowest BCUT2D eigenvalue weighted by atomic mass is 9.91. The van der Waals surface area contributed by atoms with Gasteiger partial charge in [-0.1, -0.05) is 69.7 Å². The molecule has 20 heavy (non-hydrogen) atoms. The van der Waals surface area contributed by atoms with Crippen molar-refractivity contribution < 1.29 is 0 Å². The molecule has 1 nitrogen and oxygen atoms in total. The summed E-state index contributed by atoms with van der Waals surface area (Å²) in [5.74, 6) is 0.599. The second-order valence-corrected chi connectivity index (χ2v) is 6.92. The molecular formula is C18H28ClN. The zero-order chi connectivity index (χ0) is 14.4. The van der Waals surface area contributed by atoms with E-state index in [1.807, 2.05) is 12.1 Å². The Morgan fingerprint density at radius 2 is 1.50 bits per heavy atom.